The van der Waals surface area contributed by atoms with Gasteiger partial charge in [-0.1, -0.05) is 47.1 Å². The van der Waals surface area contributed by atoms with Crippen LogP contribution < -0.4 is 14.8 Å². The van der Waals surface area contributed by atoms with E-state index in [0.29, 0.717) is 13.2 Å². The molecule has 0 heterocycles. The van der Waals surface area contributed by atoms with Crippen molar-refractivity contribution in [2.45, 2.75) is 40.3 Å². The van der Waals surface area contributed by atoms with Gasteiger partial charge < -0.3 is 14.8 Å². The molecule has 0 aliphatic carbocycles. The van der Waals surface area contributed by atoms with Crippen LogP contribution in [0.25, 0.3) is 0 Å². The SMILES string of the molecule is CCCNCc1cc(OCC)c(OCc2ccccc2C)cc1Br. The lowest BCUT2D eigenvalue weighted by atomic mass is 10.1. The lowest BCUT2D eigenvalue weighted by Gasteiger charge is -2.16. The summed E-state index contributed by atoms with van der Waals surface area (Å²) in [5.74, 6) is 1.56. The molecule has 0 aromatic heterocycles. The van der Waals surface area contributed by atoms with Crippen LogP contribution in [0.15, 0.2) is 40.9 Å². The van der Waals surface area contributed by atoms with Gasteiger partial charge in [0.25, 0.3) is 0 Å². The third kappa shape index (κ3) is 5.25. The first kappa shape index (κ1) is 18.8. The summed E-state index contributed by atoms with van der Waals surface area (Å²) in [6, 6.07) is 12.3. The second-order valence-corrected chi connectivity index (χ2v) is 6.57. The Morgan fingerprint density at radius 3 is 2.46 bits per heavy atom. The van der Waals surface area contributed by atoms with Crippen molar-refractivity contribution in [2.24, 2.45) is 0 Å². The van der Waals surface area contributed by atoms with Crippen molar-refractivity contribution in [3.63, 3.8) is 0 Å². The van der Waals surface area contributed by atoms with Crippen molar-refractivity contribution >= 4 is 15.9 Å². The average molecular weight is 392 g/mol. The quantitative estimate of drug-likeness (QED) is 0.593. The van der Waals surface area contributed by atoms with Crippen LogP contribution in [0.5, 0.6) is 11.5 Å². The minimum absolute atomic E-state index is 0.534. The maximum absolute atomic E-state index is 6.04. The number of aryl methyl sites for hydroxylation is 1. The van der Waals surface area contributed by atoms with Gasteiger partial charge in [0, 0.05) is 11.0 Å². The van der Waals surface area contributed by atoms with Gasteiger partial charge >= 0.3 is 0 Å². The fourth-order valence-corrected chi connectivity index (χ4v) is 2.88. The first-order valence-electron chi connectivity index (χ1n) is 8.49. The van der Waals surface area contributed by atoms with Crippen molar-refractivity contribution < 1.29 is 9.47 Å². The summed E-state index contributed by atoms with van der Waals surface area (Å²) < 4.78 is 12.9. The van der Waals surface area contributed by atoms with Gasteiger partial charge in [-0.25, -0.2) is 0 Å². The van der Waals surface area contributed by atoms with E-state index in [0.717, 1.165) is 35.5 Å². The number of hydrogen-bond acceptors (Lipinski definition) is 3. The summed E-state index contributed by atoms with van der Waals surface area (Å²) in [5, 5.41) is 3.42. The van der Waals surface area contributed by atoms with Crippen LogP contribution in [0.3, 0.4) is 0 Å². The highest BCUT2D eigenvalue weighted by molar-refractivity contribution is 9.10. The fourth-order valence-electron chi connectivity index (χ4n) is 2.42. The van der Waals surface area contributed by atoms with E-state index in [2.05, 4.69) is 53.3 Å². The molecule has 0 fully saturated rings. The predicted molar refractivity (Wildman–Crippen MR) is 103 cm³/mol. The Morgan fingerprint density at radius 1 is 1.00 bits per heavy atom. The molecule has 0 radical (unpaired) electrons. The van der Waals surface area contributed by atoms with E-state index in [4.69, 9.17) is 9.47 Å². The third-order valence-electron chi connectivity index (χ3n) is 3.80. The Hall–Kier alpha value is -1.52. The molecule has 3 nitrogen and oxygen atoms in total. The summed E-state index contributed by atoms with van der Waals surface area (Å²) in [6.45, 7) is 9.21. The Kier molecular flexibility index (Phi) is 7.60. The molecule has 1 N–H and O–H groups in total. The highest BCUT2D eigenvalue weighted by Crippen LogP contribution is 2.34. The van der Waals surface area contributed by atoms with Crippen LogP contribution in [-0.4, -0.2) is 13.2 Å². The molecule has 0 spiro atoms. The summed E-state index contributed by atoms with van der Waals surface area (Å²) in [5.41, 5.74) is 3.59. The van der Waals surface area contributed by atoms with Gasteiger partial charge in [0.1, 0.15) is 6.61 Å². The van der Waals surface area contributed by atoms with E-state index >= 15 is 0 Å². The molecule has 2 rings (SSSR count). The van der Waals surface area contributed by atoms with Crippen LogP contribution in [0, 0.1) is 6.92 Å². The van der Waals surface area contributed by atoms with Crippen molar-refractivity contribution in [1.29, 1.82) is 0 Å². The molecular formula is C20H26BrNO2. The second kappa shape index (κ2) is 9.70. The standard InChI is InChI=1S/C20H26BrNO2/c1-4-10-22-13-17-11-19(23-5-2)20(12-18(17)21)24-14-16-9-7-6-8-15(16)3/h6-9,11-12,22H,4-5,10,13-14H2,1-3H3. The maximum Gasteiger partial charge on any atom is 0.162 e. The normalized spacial score (nSPS) is 10.7. The predicted octanol–water partition coefficient (Wildman–Crippen LogP) is 5.23. The zero-order valence-electron chi connectivity index (χ0n) is 14.7. The van der Waals surface area contributed by atoms with Crippen molar-refractivity contribution in [3.8, 4) is 11.5 Å². The molecule has 0 saturated heterocycles. The lowest BCUT2D eigenvalue weighted by Crippen LogP contribution is -2.14. The molecule has 4 heteroatoms. The molecule has 0 aliphatic rings. The van der Waals surface area contributed by atoms with Crippen molar-refractivity contribution in [2.75, 3.05) is 13.2 Å². The number of nitrogens with one attached hydrogen (secondary N) is 1. The van der Waals surface area contributed by atoms with Gasteiger partial charge in [0.15, 0.2) is 11.5 Å². The molecule has 24 heavy (non-hydrogen) atoms. The van der Waals surface area contributed by atoms with E-state index in [1.807, 2.05) is 25.1 Å². The molecule has 0 amide bonds. The fraction of sp³-hybridized carbons (Fsp3) is 0.400. The Labute approximate surface area is 153 Å². The van der Waals surface area contributed by atoms with Gasteiger partial charge in [-0.2, -0.15) is 0 Å². The molecule has 0 unspecified atom stereocenters. The zero-order chi connectivity index (χ0) is 17.4. The van der Waals surface area contributed by atoms with Gasteiger partial charge in [-0.15, -0.1) is 0 Å². The summed E-state index contributed by atoms with van der Waals surface area (Å²) in [6.07, 6.45) is 1.12. The van der Waals surface area contributed by atoms with Crippen LogP contribution >= 0.6 is 15.9 Å². The largest absolute Gasteiger partial charge is 0.490 e. The van der Waals surface area contributed by atoms with Crippen molar-refractivity contribution in [3.05, 3.63) is 57.6 Å². The Morgan fingerprint density at radius 2 is 1.75 bits per heavy atom. The number of rotatable bonds is 9. The van der Waals surface area contributed by atoms with Gasteiger partial charge in [-0.05, 0) is 55.6 Å². The van der Waals surface area contributed by atoms with Gasteiger partial charge in [0.2, 0.25) is 0 Å². The summed E-state index contributed by atoms with van der Waals surface area (Å²) in [7, 11) is 0. The molecule has 2 aromatic carbocycles. The van der Waals surface area contributed by atoms with Crippen molar-refractivity contribution in [1.82, 2.24) is 5.32 Å². The number of halogens is 1. The first-order valence-corrected chi connectivity index (χ1v) is 9.28. The Bertz CT molecular complexity index is 658. The minimum atomic E-state index is 0.534. The molecule has 0 atom stereocenters. The second-order valence-electron chi connectivity index (χ2n) is 5.72. The number of benzene rings is 2. The highest BCUT2D eigenvalue weighted by atomic mass is 79.9. The molecule has 0 saturated carbocycles. The molecule has 0 aliphatic heterocycles. The van der Waals surface area contributed by atoms with Gasteiger partial charge in [0.05, 0.1) is 6.61 Å². The monoisotopic (exact) mass is 391 g/mol. The molecule has 2 aromatic rings. The van der Waals surface area contributed by atoms with Crippen LogP contribution in [-0.2, 0) is 13.2 Å². The maximum atomic E-state index is 6.04. The third-order valence-corrected chi connectivity index (χ3v) is 4.54. The van der Waals surface area contributed by atoms with Crippen LogP contribution in [0.1, 0.15) is 37.0 Å². The lowest BCUT2D eigenvalue weighted by molar-refractivity contribution is 0.268. The van der Waals surface area contributed by atoms with E-state index < -0.39 is 0 Å². The zero-order valence-corrected chi connectivity index (χ0v) is 16.3. The molecular weight excluding hydrogens is 366 g/mol. The van der Waals surface area contributed by atoms with Crippen LogP contribution in [0.4, 0.5) is 0 Å². The van der Waals surface area contributed by atoms with Crippen LogP contribution in [0.2, 0.25) is 0 Å². The van der Waals surface area contributed by atoms with E-state index in [1.165, 1.54) is 16.7 Å². The molecule has 0 bridgehead atoms. The summed E-state index contributed by atoms with van der Waals surface area (Å²) in [4.78, 5) is 0. The van der Waals surface area contributed by atoms with E-state index in [-0.39, 0.29) is 0 Å². The number of ether oxygens (including phenoxy) is 2. The first-order chi connectivity index (χ1) is 11.7. The highest BCUT2D eigenvalue weighted by Gasteiger charge is 2.11. The van der Waals surface area contributed by atoms with Gasteiger partial charge in [-0.3, -0.25) is 0 Å². The molecule has 130 valence electrons. The Balaban J connectivity index is 2.15. The smallest absolute Gasteiger partial charge is 0.162 e. The minimum Gasteiger partial charge on any atom is -0.490 e. The van der Waals surface area contributed by atoms with E-state index in [1.54, 1.807) is 0 Å². The number of hydrogen-bond donors (Lipinski definition) is 1. The summed E-state index contributed by atoms with van der Waals surface area (Å²) >= 11 is 3.65. The van der Waals surface area contributed by atoms with E-state index in [9.17, 15) is 0 Å². The topological polar surface area (TPSA) is 30.5 Å². The average Bonchev–Trinajstić information content (AvgIpc) is 2.57.